The van der Waals surface area contributed by atoms with Crippen LogP contribution in [0.1, 0.15) is 53.7 Å². The highest BCUT2D eigenvalue weighted by molar-refractivity contribution is 5.96. The summed E-state index contributed by atoms with van der Waals surface area (Å²) in [7, 11) is 1.93. The molecule has 1 fully saturated rings. The van der Waals surface area contributed by atoms with Crippen molar-refractivity contribution in [2.45, 2.75) is 44.6 Å². The van der Waals surface area contributed by atoms with Gasteiger partial charge in [-0.05, 0) is 48.6 Å². The summed E-state index contributed by atoms with van der Waals surface area (Å²) in [6, 6.07) is 20.8. The van der Waals surface area contributed by atoms with Crippen molar-refractivity contribution in [3.05, 3.63) is 83.7 Å². The molecule has 1 aliphatic carbocycles. The maximum atomic E-state index is 13.0. The van der Waals surface area contributed by atoms with Gasteiger partial charge in [0.25, 0.3) is 5.91 Å². The molecule has 0 spiro atoms. The minimum Gasteiger partial charge on any atom is -0.348 e. The van der Waals surface area contributed by atoms with Gasteiger partial charge in [-0.1, -0.05) is 61.7 Å². The predicted molar refractivity (Wildman–Crippen MR) is 128 cm³/mol. The Labute approximate surface area is 188 Å². The zero-order chi connectivity index (χ0) is 21.9. The van der Waals surface area contributed by atoms with Crippen LogP contribution in [0.25, 0.3) is 22.2 Å². The zero-order valence-corrected chi connectivity index (χ0v) is 18.4. The van der Waals surface area contributed by atoms with Gasteiger partial charge in [-0.2, -0.15) is 5.10 Å². The molecule has 2 aromatic heterocycles. The number of nitrogens with one attached hydrogen (secondary N) is 1. The van der Waals surface area contributed by atoms with Crippen LogP contribution in [0.15, 0.2) is 66.9 Å². The van der Waals surface area contributed by atoms with Crippen LogP contribution in [-0.4, -0.2) is 26.7 Å². The number of aromatic nitrogens is 3. The number of hydrogen-bond acceptors (Lipinski definition) is 3. The number of aryl methyl sites for hydroxylation is 1. The lowest BCUT2D eigenvalue weighted by Crippen LogP contribution is -2.36. The van der Waals surface area contributed by atoms with Gasteiger partial charge in [0.1, 0.15) is 5.69 Å². The molecule has 5 heteroatoms. The van der Waals surface area contributed by atoms with E-state index in [1.165, 1.54) is 24.8 Å². The van der Waals surface area contributed by atoms with E-state index in [0.29, 0.717) is 5.69 Å². The monoisotopic (exact) mass is 424 g/mol. The first kappa shape index (κ1) is 20.4. The standard InChI is InChI=1S/C27H28N4O/c1-31-16-15-24(30-31)20-13-11-19(12-14-20)17-21-18-26(29-25-10-6-5-9-23(21)25)27(32)28-22-7-3-2-4-8-22/h5-6,9-16,18,22H,2-4,7-8,17H2,1H3,(H,28,32). The Morgan fingerprint density at radius 1 is 1.03 bits per heavy atom. The van der Waals surface area contributed by atoms with Crippen molar-refractivity contribution < 1.29 is 4.79 Å². The average Bonchev–Trinajstić information content (AvgIpc) is 3.26. The average molecular weight is 425 g/mol. The molecule has 0 unspecified atom stereocenters. The number of hydrogen-bond donors (Lipinski definition) is 1. The number of benzene rings is 2. The fourth-order valence-corrected chi connectivity index (χ4v) is 4.60. The van der Waals surface area contributed by atoms with Crippen molar-refractivity contribution >= 4 is 16.8 Å². The Kier molecular flexibility index (Phi) is 5.71. The van der Waals surface area contributed by atoms with E-state index < -0.39 is 0 Å². The molecule has 2 aromatic carbocycles. The van der Waals surface area contributed by atoms with E-state index >= 15 is 0 Å². The molecule has 0 radical (unpaired) electrons. The largest absolute Gasteiger partial charge is 0.348 e. The molecule has 4 aromatic rings. The zero-order valence-electron chi connectivity index (χ0n) is 18.4. The molecule has 1 aliphatic rings. The smallest absolute Gasteiger partial charge is 0.270 e. The molecule has 0 saturated heterocycles. The molecule has 1 N–H and O–H groups in total. The van der Waals surface area contributed by atoms with E-state index in [0.717, 1.165) is 47.0 Å². The summed E-state index contributed by atoms with van der Waals surface area (Å²) in [5, 5.41) is 8.78. The van der Waals surface area contributed by atoms with E-state index in [1.54, 1.807) is 0 Å². The second kappa shape index (κ2) is 8.95. The summed E-state index contributed by atoms with van der Waals surface area (Å²) in [4.78, 5) is 17.7. The lowest BCUT2D eigenvalue weighted by Gasteiger charge is -2.22. The summed E-state index contributed by atoms with van der Waals surface area (Å²) in [6.45, 7) is 0. The predicted octanol–water partition coefficient (Wildman–Crippen LogP) is 5.29. The number of carbonyl (C=O) groups excluding carboxylic acids is 1. The summed E-state index contributed by atoms with van der Waals surface area (Å²) >= 11 is 0. The Morgan fingerprint density at radius 3 is 2.56 bits per heavy atom. The van der Waals surface area contributed by atoms with Crippen LogP contribution < -0.4 is 5.32 Å². The third-order valence-corrected chi connectivity index (χ3v) is 6.33. The van der Waals surface area contributed by atoms with Gasteiger partial charge in [0.2, 0.25) is 0 Å². The van der Waals surface area contributed by atoms with Crippen LogP contribution in [0.3, 0.4) is 0 Å². The Bertz CT molecular complexity index is 1240. The van der Waals surface area contributed by atoms with Gasteiger partial charge in [-0.15, -0.1) is 0 Å². The van der Waals surface area contributed by atoms with Crippen LogP contribution in [0, 0.1) is 0 Å². The Balaban J connectivity index is 1.41. The van der Waals surface area contributed by atoms with Gasteiger partial charge in [-0.25, -0.2) is 4.98 Å². The SMILES string of the molecule is Cn1ccc(-c2ccc(Cc3cc(C(=O)NC4CCCCC4)nc4ccccc34)cc2)n1. The van der Waals surface area contributed by atoms with Gasteiger partial charge in [-0.3, -0.25) is 9.48 Å². The molecule has 32 heavy (non-hydrogen) atoms. The maximum Gasteiger partial charge on any atom is 0.270 e. The number of carbonyl (C=O) groups is 1. The van der Waals surface area contributed by atoms with Gasteiger partial charge in [0, 0.05) is 30.2 Å². The third kappa shape index (κ3) is 4.42. The minimum absolute atomic E-state index is 0.0607. The lowest BCUT2D eigenvalue weighted by atomic mass is 9.95. The number of amides is 1. The van der Waals surface area contributed by atoms with Gasteiger partial charge in [0.15, 0.2) is 0 Å². The van der Waals surface area contributed by atoms with Gasteiger partial charge in [0.05, 0.1) is 11.2 Å². The molecule has 0 atom stereocenters. The van der Waals surface area contributed by atoms with Crippen LogP contribution in [0.4, 0.5) is 0 Å². The van der Waals surface area contributed by atoms with Crippen molar-refractivity contribution in [1.29, 1.82) is 0 Å². The molecule has 0 bridgehead atoms. The summed E-state index contributed by atoms with van der Waals surface area (Å²) < 4.78 is 1.81. The van der Waals surface area contributed by atoms with Crippen molar-refractivity contribution in [1.82, 2.24) is 20.1 Å². The number of rotatable bonds is 5. The normalized spacial score (nSPS) is 14.5. The fraction of sp³-hybridized carbons (Fsp3) is 0.296. The summed E-state index contributed by atoms with van der Waals surface area (Å²) in [5.74, 6) is -0.0607. The van der Waals surface area contributed by atoms with E-state index in [4.69, 9.17) is 0 Å². The maximum absolute atomic E-state index is 13.0. The Hall–Kier alpha value is -3.47. The summed E-state index contributed by atoms with van der Waals surface area (Å²) in [6.07, 6.45) is 8.47. The fourth-order valence-electron chi connectivity index (χ4n) is 4.60. The van der Waals surface area contributed by atoms with Crippen LogP contribution in [-0.2, 0) is 13.5 Å². The number of para-hydroxylation sites is 1. The number of nitrogens with zero attached hydrogens (tertiary/aromatic N) is 3. The van der Waals surface area contributed by atoms with E-state index in [2.05, 4.69) is 45.7 Å². The highest BCUT2D eigenvalue weighted by Crippen LogP contribution is 2.24. The van der Waals surface area contributed by atoms with Gasteiger partial charge < -0.3 is 5.32 Å². The van der Waals surface area contributed by atoms with Crippen LogP contribution in [0.5, 0.6) is 0 Å². The summed E-state index contributed by atoms with van der Waals surface area (Å²) in [5.41, 5.74) is 5.75. The number of fused-ring (bicyclic) bond motifs is 1. The first-order valence-electron chi connectivity index (χ1n) is 11.4. The van der Waals surface area contributed by atoms with Crippen molar-refractivity contribution in [3.63, 3.8) is 0 Å². The quantitative estimate of drug-likeness (QED) is 0.474. The first-order valence-corrected chi connectivity index (χ1v) is 11.4. The topological polar surface area (TPSA) is 59.8 Å². The molecule has 162 valence electrons. The van der Waals surface area contributed by atoms with Crippen molar-refractivity contribution in [2.24, 2.45) is 7.05 Å². The second-order valence-corrected chi connectivity index (χ2v) is 8.74. The van der Waals surface area contributed by atoms with E-state index in [-0.39, 0.29) is 11.9 Å². The van der Waals surface area contributed by atoms with Crippen molar-refractivity contribution in [3.8, 4) is 11.3 Å². The molecular formula is C27H28N4O. The molecule has 5 rings (SSSR count). The van der Waals surface area contributed by atoms with Gasteiger partial charge >= 0.3 is 0 Å². The van der Waals surface area contributed by atoms with E-state index in [1.807, 2.05) is 48.3 Å². The van der Waals surface area contributed by atoms with Crippen LogP contribution >= 0.6 is 0 Å². The Morgan fingerprint density at radius 2 is 1.81 bits per heavy atom. The highest BCUT2D eigenvalue weighted by Gasteiger charge is 2.19. The molecule has 1 saturated carbocycles. The number of pyridine rings is 1. The van der Waals surface area contributed by atoms with Crippen LogP contribution in [0.2, 0.25) is 0 Å². The van der Waals surface area contributed by atoms with E-state index in [9.17, 15) is 4.79 Å². The lowest BCUT2D eigenvalue weighted by molar-refractivity contribution is 0.0923. The van der Waals surface area contributed by atoms with Crippen molar-refractivity contribution in [2.75, 3.05) is 0 Å². The molecule has 0 aliphatic heterocycles. The molecule has 1 amide bonds. The third-order valence-electron chi connectivity index (χ3n) is 6.33. The second-order valence-electron chi connectivity index (χ2n) is 8.74. The molecular weight excluding hydrogens is 396 g/mol. The highest BCUT2D eigenvalue weighted by atomic mass is 16.1. The molecule has 2 heterocycles. The first-order chi connectivity index (χ1) is 15.7. The molecule has 5 nitrogen and oxygen atoms in total. The minimum atomic E-state index is -0.0607.